The molecule has 21 heavy (non-hydrogen) atoms. The van der Waals surface area contributed by atoms with Crippen molar-refractivity contribution in [3.8, 4) is 0 Å². The van der Waals surface area contributed by atoms with E-state index in [1.165, 1.54) is 25.7 Å². The van der Waals surface area contributed by atoms with Gasteiger partial charge in [0.05, 0.1) is 0 Å². The normalized spacial score (nSPS) is 39.9. The van der Waals surface area contributed by atoms with Crippen LogP contribution in [0.5, 0.6) is 0 Å². The monoisotopic (exact) mass is 292 g/mol. The lowest BCUT2D eigenvalue weighted by molar-refractivity contribution is -0.169. The van der Waals surface area contributed by atoms with Crippen LogP contribution in [0.2, 0.25) is 0 Å². The first-order valence-corrected chi connectivity index (χ1v) is 8.48. The highest BCUT2D eigenvalue weighted by molar-refractivity contribution is 5.86. The summed E-state index contributed by atoms with van der Waals surface area (Å²) >= 11 is 0. The third-order valence-corrected chi connectivity index (χ3v) is 6.77. The van der Waals surface area contributed by atoms with Crippen LogP contribution in [-0.4, -0.2) is 23.3 Å². The van der Waals surface area contributed by atoms with Gasteiger partial charge >= 0.3 is 5.97 Å². The minimum Gasteiger partial charge on any atom is -0.459 e. The molecule has 0 spiro atoms. The number of hydrogen-bond donors (Lipinski definition) is 1. The van der Waals surface area contributed by atoms with Crippen molar-refractivity contribution in [1.82, 2.24) is 0 Å². The van der Waals surface area contributed by atoms with E-state index in [0.29, 0.717) is 17.9 Å². The number of rotatable bonds is 5. The van der Waals surface area contributed by atoms with Gasteiger partial charge in [0.15, 0.2) is 0 Å². The Bertz CT molecular complexity index is 457. The summed E-state index contributed by atoms with van der Waals surface area (Å²) in [6.07, 6.45) is 8.04. The third-order valence-electron chi connectivity index (χ3n) is 6.77. The summed E-state index contributed by atoms with van der Waals surface area (Å²) in [5.41, 5.74) is -0.472. The molecule has 0 heterocycles. The minimum absolute atomic E-state index is 0.0110. The average molecular weight is 292 g/mol. The molecule has 3 nitrogen and oxygen atoms in total. The Hall–Kier alpha value is -0.830. The number of ether oxygens (including phenoxy) is 1. The Morgan fingerprint density at radius 3 is 2.86 bits per heavy atom. The van der Waals surface area contributed by atoms with Gasteiger partial charge in [-0.05, 0) is 63.2 Å². The lowest BCUT2D eigenvalue weighted by Crippen LogP contribution is -2.53. The van der Waals surface area contributed by atoms with Gasteiger partial charge in [-0.3, -0.25) is 0 Å². The summed E-state index contributed by atoms with van der Waals surface area (Å²) < 4.78 is 5.38. The number of carbonyl (C=O) groups is 1. The van der Waals surface area contributed by atoms with E-state index in [0.717, 1.165) is 24.7 Å². The molecule has 0 aromatic heterocycles. The van der Waals surface area contributed by atoms with Crippen molar-refractivity contribution >= 4 is 5.97 Å². The van der Waals surface area contributed by atoms with Crippen LogP contribution in [0.1, 0.15) is 58.8 Å². The molecule has 2 bridgehead atoms. The second kappa shape index (κ2) is 5.12. The van der Waals surface area contributed by atoms with E-state index in [-0.39, 0.29) is 18.0 Å². The van der Waals surface area contributed by atoms with Crippen molar-refractivity contribution in [3.63, 3.8) is 0 Å². The molecule has 5 atom stereocenters. The zero-order valence-corrected chi connectivity index (χ0v) is 13.4. The molecule has 3 saturated carbocycles. The molecule has 0 saturated heterocycles. The largest absolute Gasteiger partial charge is 0.459 e. The van der Waals surface area contributed by atoms with E-state index in [2.05, 4.69) is 6.58 Å². The Morgan fingerprint density at radius 1 is 1.43 bits per heavy atom. The topological polar surface area (TPSA) is 46.5 Å². The predicted octanol–water partition coefficient (Wildman–Crippen LogP) is 3.46. The van der Waals surface area contributed by atoms with E-state index >= 15 is 0 Å². The van der Waals surface area contributed by atoms with Crippen molar-refractivity contribution < 1.29 is 14.6 Å². The average Bonchev–Trinajstić information content (AvgIpc) is 3.15. The van der Waals surface area contributed by atoms with Gasteiger partial charge in [0.1, 0.15) is 12.2 Å². The zero-order chi connectivity index (χ0) is 15.3. The number of hydrogen-bond acceptors (Lipinski definition) is 3. The fourth-order valence-electron chi connectivity index (χ4n) is 5.73. The summed E-state index contributed by atoms with van der Waals surface area (Å²) in [4.78, 5) is 11.7. The van der Waals surface area contributed by atoms with E-state index in [1.54, 1.807) is 6.92 Å². The van der Waals surface area contributed by atoms with Crippen LogP contribution in [0.25, 0.3) is 0 Å². The van der Waals surface area contributed by atoms with Crippen molar-refractivity contribution in [3.05, 3.63) is 12.2 Å². The molecule has 0 aliphatic heterocycles. The molecule has 3 rings (SSSR count). The molecule has 3 fully saturated rings. The van der Waals surface area contributed by atoms with Gasteiger partial charge < -0.3 is 9.84 Å². The fourth-order valence-corrected chi connectivity index (χ4v) is 5.73. The Balaban J connectivity index is 1.81. The Morgan fingerprint density at radius 2 is 2.19 bits per heavy atom. The SMILES string of the molecule is C=C(C)C(=O)OCC(O)(CC)C12CCC(C1)C1CCCC12. The lowest BCUT2D eigenvalue weighted by Gasteiger charge is -2.48. The maximum absolute atomic E-state index is 11.7. The van der Waals surface area contributed by atoms with E-state index in [9.17, 15) is 9.90 Å². The number of esters is 1. The quantitative estimate of drug-likeness (QED) is 0.623. The molecule has 5 unspecified atom stereocenters. The van der Waals surface area contributed by atoms with Gasteiger partial charge in [0.25, 0.3) is 0 Å². The molecule has 3 aliphatic rings. The molecule has 1 N–H and O–H groups in total. The summed E-state index contributed by atoms with van der Waals surface area (Å²) in [5.74, 6) is 1.87. The number of carbonyl (C=O) groups excluding carboxylic acids is 1. The molecular weight excluding hydrogens is 264 g/mol. The van der Waals surface area contributed by atoms with E-state index in [1.807, 2.05) is 6.92 Å². The highest BCUT2D eigenvalue weighted by atomic mass is 16.5. The first kappa shape index (κ1) is 15.1. The van der Waals surface area contributed by atoms with Crippen molar-refractivity contribution in [1.29, 1.82) is 0 Å². The summed E-state index contributed by atoms with van der Waals surface area (Å²) in [6, 6.07) is 0. The van der Waals surface area contributed by atoms with E-state index in [4.69, 9.17) is 4.74 Å². The molecule has 3 heteroatoms. The zero-order valence-electron chi connectivity index (χ0n) is 13.4. The standard InChI is InChI=1S/C18H28O3/c1-4-18(20,11-21-16(19)12(2)3)17-9-8-13(10-17)14-6-5-7-15(14)17/h13-15,20H,2,4-11H2,1,3H3. The van der Waals surface area contributed by atoms with Gasteiger partial charge in [-0.1, -0.05) is 19.9 Å². The number of aliphatic hydroxyl groups is 1. The smallest absolute Gasteiger partial charge is 0.333 e. The molecule has 118 valence electrons. The molecule has 0 amide bonds. The van der Waals surface area contributed by atoms with Crippen molar-refractivity contribution in [2.45, 2.75) is 64.4 Å². The van der Waals surface area contributed by atoms with Gasteiger partial charge in [-0.25, -0.2) is 4.79 Å². The lowest BCUT2D eigenvalue weighted by atomic mass is 9.61. The van der Waals surface area contributed by atoms with Gasteiger partial charge in [-0.15, -0.1) is 0 Å². The maximum Gasteiger partial charge on any atom is 0.333 e. The second-order valence-electron chi connectivity index (χ2n) is 7.60. The first-order valence-electron chi connectivity index (χ1n) is 8.48. The molecule has 0 radical (unpaired) electrons. The maximum atomic E-state index is 11.7. The van der Waals surface area contributed by atoms with Crippen molar-refractivity contribution in [2.24, 2.45) is 23.2 Å². The summed E-state index contributed by atoms with van der Waals surface area (Å²) in [5, 5.41) is 11.4. The second-order valence-corrected chi connectivity index (χ2v) is 7.60. The molecule has 3 aliphatic carbocycles. The Kier molecular flexibility index (Phi) is 3.67. The highest BCUT2D eigenvalue weighted by Gasteiger charge is 2.66. The summed E-state index contributed by atoms with van der Waals surface area (Å²) in [6.45, 7) is 7.43. The van der Waals surface area contributed by atoms with Crippen LogP contribution in [0.3, 0.4) is 0 Å². The molecular formula is C18H28O3. The third kappa shape index (κ3) is 2.08. The first-order chi connectivity index (χ1) is 9.93. The van der Waals surface area contributed by atoms with Crippen LogP contribution in [0.4, 0.5) is 0 Å². The molecule has 0 aromatic carbocycles. The van der Waals surface area contributed by atoms with Gasteiger partial charge in [-0.2, -0.15) is 0 Å². The van der Waals surface area contributed by atoms with Crippen LogP contribution < -0.4 is 0 Å². The van der Waals surface area contributed by atoms with Crippen LogP contribution in [-0.2, 0) is 9.53 Å². The summed E-state index contributed by atoms with van der Waals surface area (Å²) in [7, 11) is 0. The molecule has 0 aromatic rings. The number of fused-ring (bicyclic) bond motifs is 5. The van der Waals surface area contributed by atoms with Crippen LogP contribution in [0, 0.1) is 23.2 Å². The Labute approximate surface area is 127 Å². The predicted molar refractivity (Wildman–Crippen MR) is 81.6 cm³/mol. The van der Waals surface area contributed by atoms with Crippen LogP contribution >= 0.6 is 0 Å². The highest BCUT2D eigenvalue weighted by Crippen LogP contribution is 2.69. The van der Waals surface area contributed by atoms with Gasteiger partial charge in [0.2, 0.25) is 0 Å². The van der Waals surface area contributed by atoms with E-state index < -0.39 is 5.60 Å². The fraction of sp³-hybridized carbons (Fsp3) is 0.833. The van der Waals surface area contributed by atoms with Crippen LogP contribution in [0.15, 0.2) is 12.2 Å². The van der Waals surface area contributed by atoms with Crippen molar-refractivity contribution in [2.75, 3.05) is 6.61 Å². The van der Waals surface area contributed by atoms with Gasteiger partial charge in [0, 0.05) is 11.0 Å². The minimum atomic E-state index is -0.864.